The number of carboxylic acid groups (broad SMARTS) is 1. The first-order valence-electron chi connectivity index (χ1n) is 6.24. The van der Waals surface area contributed by atoms with Crippen LogP contribution in [0.1, 0.15) is 32.6 Å². The van der Waals surface area contributed by atoms with Crippen molar-refractivity contribution in [2.75, 3.05) is 19.1 Å². The highest BCUT2D eigenvalue weighted by Gasteiger charge is 2.46. The minimum absolute atomic E-state index is 0.144. The van der Waals surface area contributed by atoms with Gasteiger partial charge in [-0.15, -0.1) is 0 Å². The number of nitrogens with zero attached hydrogens (tertiary/aromatic N) is 1. The molecule has 0 aromatic heterocycles. The number of nitrogens with one attached hydrogen (secondary N) is 1. The van der Waals surface area contributed by atoms with Gasteiger partial charge in [-0.3, -0.25) is 0 Å². The number of amides is 2. The van der Waals surface area contributed by atoms with Crippen molar-refractivity contribution in [2.24, 2.45) is 0 Å². The zero-order valence-corrected chi connectivity index (χ0v) is 12.0. The van der Waals surface area contributed by atoms with Crippen LogP contribution in [-0.4, -0.2) is 52.6 Å². The number of hydrogen-bond acceptors (Lipinski definition) is 3. The lowest BCUT2D eigenvalue weighted by Gasteiger charge is -2.40. The predicted molar refractivity (Wildman–Crippen MR) is 73.0 cm³/mol. The van der Waals surface area contributed by atoms with Crippen LogP contribution < -0.4 is 5.32 Å². The monoisotopic (exact) mass is 274 g/mol. The number of thioether (sulfide) groups is 1. The molecular weight excluding hydrogens is 252 g/mol. The Morgan fingerprint density at radius 1 is 1.50 bits per heavy atom. The lowest BCUT2D eigenvalue weighted by molar-refractivity contribution is -0.148. The fourth-order valence-electron chi connectivity index (χ4n) is 2.08. The Morgan fingerprint density at radius 2 is 2.11 bits per heavy atom. The summed E-state index contributed by atoms with van der Waals surface area (Å²) in [6.07, 6.45) is 4.78. The average molecular weight is 274 g/mol. The van der Waals surface area contributed by atoms with Gasteiger partial charge in [0.05, 0.1) is 0 Å². The van der Waals surface area contributed by atoms with Crippen LogP contribution in [0, 0.1) is 0 Å². The molecule has 0 aromatic carbocycles. The van der Waals surface area contributed by atoms with Gasteiger partial charge in [-0.25, -0.2) is 9.59 Å². The van der Waals surface area contributed by atoms with Gasteiger partial charge >= 0.3 is 12.0 Å². The van der Waals surface area contributed by atoms with Crippen molar-refractivity contribution in [2.45, 2.75) is 44.2 Å². The summed E-state index contributed by atoms with van der Waals surface area (Å²) in [6, 6.07) is -0.135. The normalized spacial score (nSPS) is 18.6. The van der Waals surface area contributed by atoms with Crippen LogP contribution in [0.5, 0.6) is 0 Å². The molecule has 0 bridgehead atoms. The van der Waals surface area contributed by atoms with Gasteiger partial charge in [-0.1, -0.05) is 6.92 Å². The largest absolute Gasteiger partial charge is 0.480 e. The first kappa shape index (κ1) is 15.1. The van der Waals surface area contributed by atoms with Crippen LogP contribution in [0.4, 0.5) is 4.79 Å². The van der Waals surface area contributed by atoms with Gasteiger partial charge in [-0.2, -0.15) is 11.8 Å². The van der Waals surface area contributed by atoms with E-state index >= 15 is 0 Å². The maximum Gasteiger partial charge on any atom is 0.329 e. The van der Waals surface area contributed by atoms with E-state index in [1.807, 2.05) is 13.2 Å². The van der Waals surface area contributed by atoms with E-state index in [2.05, 4.69) is 5.32 Å². The van der Waals surface area contributed by atoms with E-state index in [1.165, 1.54) is 0 Å². The zero-order valence-electron chi connectivity index (χ0n) is 11.2. The van der Waals surface area contributed by atoms with Crippen molar-refractivity contribution < 1.29 is 14.7 Å². The Morgan fingerprint density at radius 3 is 2.44 bits per heavy atom. The third-order valence-corrected chi connectivity index (χ3v) is 4.38. The van der Waals surface area contributed by atoms with Crippen LogP contribution in [0.3, 0.4) is 0 Å². The fraction of sp³-hybridized carbons (Fsp3) is 0.833. The van der Waals surface area contributed by atoms with Crippen molar-refractivity contribution in [3.8, 4) is 0 Å². The van der Waals surface area contributed by atoms with Crippen molar-refractivity contribution in [1.29, 1.82) is 0 Å². The number of rotatable bonds is 6. The summed E-state index contributed by atoms with van der Waals surface area (Å²) in [7, 11) is 1.73. The second kappa shape index (κ2) is 6.31. The summed E-state index contributed by atoms with van der Waals surface area (Å²) in [5.41, 5.74) is -1.02. The fourth-order valence-corrected chi connectivity index (χ4v) is 2.92. The number of aliphatic carboxylic acids is 1. The minimum Gasteiger partial charge on any atom is -0.480 e. The highest BCUT2D eigenvalue weighted by atomic mass is 32.2. The third kappa shape index (κ3) is 3.10. The molecule has 0 aromatic rings. The van der Waals surface area contributed by atoms with Crippen molar-refractivity contribution in [3.05, 3.63) is 0 Å². The SMILES string of the molecule is CCC(CSC)N(C)C(=O)NC1(C(=O)O)CCC1. The Bertz CT molecular complexity index is 318. The number of hydrogen-bond donors (Lipinski definition) is 2. The Balaban J connectivity index is 2.61. The van der Waals surface area contributed by atoms with Gasteiger partial charge in [0.2, 0.25) is 0 Å². The minimum atomic E-state index is -1.02. The zero-order chi connectivity index (χ0) is 13.8. The summed E-state index contributed by atoms with van der Waals surface area (Å²) < 4.78 is 0. The van der Waals surface area contributed by atoms with E-state index in [0.29, 0.717) is 12.8 Å². The van der Waals surface area contributed by atoms with Crippen LogP contribution in [0.25, 0.3) is 0 Å². The van der Waals surface area contributed by atoms with Crippen molar-refractivity contribution >= 4 is 23.8 Å². The molecule has 0 radical (unpaired) electrons. The Kier molecular flexibility index (Phi) is 5.31. The standard InChI is InChI=1S/C12H22N2O3S/c1-4-9(8-18-3)14(2)11(17)13-12(10(15)16)6-5-7-12/h9H,4-8H2,1-3H3,(H,13,17)(H,15,16). The molecule has 0 aliphatic heterocycles. The topological polar surface area (TPSA) is 69.6 Å². The Labute approximate surface area is 112 Å². The Hall–Kier alpha value is -0.910. The summed E-state index contributed by atoms with van der Waals surface area (Å²) in [4.78, 5) is 24.9. The van der Waals surface area contributed by atoms with Gasteiger partial charge in [0.25, 0.3) is 0 Å². The second-order valence-corrected chi connectivity index (χ2v) is 5.71. The maximum atomic E-state index is 12.1. The van der Waals surface area contributed by atoms with Crippen LogP contribution in [-0.2, 0) is 4.79 Å². The molecule has 0 spiro atoms. The first-order valence-corrected chi connectivity index (χ1v) is 7.63. The van der Waals surface area contributed by atoms with Crippen LogP contribution in [0.15, 0.2) is 0 Å². The molecule has 2 N–H and O–H groups in total. The molecule has 5 nitrogen and oxygen atoms in total. The molecule has 1 fully saturated rings. The average Bonchev–Trinajstić information content (AvgIpc) is 2.29. The molecule has 0 heterocycles. The van der Waals surface area contributed by atoms with Gasteiger partial charge in [-0.05, 0) is 31.9 Å². The maximum absolute atomic E-state index is 12.1. The van der Waals surface area contributed by atoms with E-state index in [4.69, 9.17) is 0 Å². The molecule has 1 aliphatic rings. The molecule has 18 heavy (non-hydrogen) atoms. The molecular formula is C12H22N2O3S. The van der Waals surface area contributed by atoms with Crippen molar-refractivity contribution in [1.82, 2.24) is 10.2 Å². The third-order valence-electron chi connectivity index (χ3n) is 3.66. The van der Waals surface area contributed by atoms with E-state index in [-0.39, 0.29) is 12.1 Å². The molecule has 1 saturated carbocycles. The summed E-state index contributed by atoms with van der Waals surface area (Å²) in [5.74, 6) is -0.0612. The highest BCUT2D eigenvalue weighted by Crippen LogP contribution is 2.32. The molecule has 2 amide bonds. The predicted octanol–water partition coefficient (Wildman–Crippen LogP) is 1.78. The first-order chi connectivity index (χ1) is 8.46. The number of carbonyl (C=O) groups is 2. The molecule has 1 rings (SSSR count). The van der Waals surface area contributed by atoms with E-state index < -0.39 is 11.5 Å². The summed E-state index contributed by atoms with van der Waals surface area (Å²) in [5, 5.41) is 11.9. The summed E-state index contributed by atoms with van der Waals surface area (Å²) in [6.45, 7) is 2.03. The van der Waals surface area contributed by atoms with E-state index in [0.717, 1.165) is 18.6 Å². The van der Waals surface area contributed by atoms with Crippen LogP contribution in [0.2, 0.25) is 0 Å². The number of carboxylic acids is 1. The molecule has 104 valence electrons. The second-order valence-electron chi connectivity index (χ2n) is 4.80. The summed E-state index contributed by atoms with van der Waals surface area (Å²) >= 11 is 1.69. The number of carbonyl (C=O) groups excluding carboxylic acids is 1. The van der Waals surface area contributed by atoms with E-state index in [9.17, 15) is 14.7 Å². The van der Waals surface area contributed by atoms with Crippen molar-refractivity contribution in [3.63, 3.8) is 0 Å². The van der Waals surface area contributed by atoms with Gasteiger partial charge in [0, 0.05) is 18.8 Å². The van der Waals surface area contributed by atoms with Gasteiger partial charge in [0.1, 0.15) is 5.54 Å². The van der Waals surface area contributed by atoms with Gasteiger partial charge < -0.3 is 15.3 Å². The lowest BCUT2D eigenvalue weighted by Crippen LogP contribution is -2.62. The van der Waals surface area contributed by atoms with Crippen LogP contribution >= 0.6 is 11.8 Å². The molecule has 6 heteroatoms. The molecule has 1 unspecified atom stereocenters. The lowest BCUT2D eigenvalue weighted by atomic mass is 9.77. The molecule has 0 saturated heterocycles. The number of urea groups is 1. The van der Waals surface area contributed by atoms with Gasteiger partial charge in [0.15, 0.2) is 0 Å². The smallest absolute Gasteiger partial charge is 0.329 e. The highest BCUT2D eigenvalue weighted by molar-refractivity contribution is 7.98. The quantitative estimate of drug-likeness (QED) is 0.774. The molecule has 1 atom stereocenters. The molecule has 1 aliphatic carbocycles. The van der Waals surface area contributed by atoms with E-state index in [1.54, 1.807) is 23.7 Å².